The second-order valence-corrected chi connectivity index (χ2v) is 8.30. The van der Waals surface area contributed by atoms with E-state index in [-0.39, 0.29) is 23.2 Å². The summed E-state index contributed by atoms with van der Waals surface area (Å²) >= 11 is 1.66. The summed E-state index contributed by atoms with van der Waals surface area (Å²) in [4.78, 5) is 19.1. The molecule has 1 amide bonds. The Hall–Kier alpha value is -2.61. The smallest absolute Gasteiger partial charge is 0.407 e. The van der Waals surface area contributed by atoms with Gasteiger partial charge in [-0.3, -0.25) is 0 Å². The molecule has 148 valence electrons. The van der Waals surface area contributed by atoms with Gasteiger partial charge in [0.15, 0.2) is 0 Å². The third-order valence-corrected chi connectivity index (χ3v) is 6.84. The maximum atomic E-state index is 14.3. The number of aliphatic imine (C=N–C) groups is 1. The molecule has 1 aromatic heterocycles. The van der Waals surface area contributed by atoms with Crippen molar-refractivity contribution >= 4 is 29.0 Å². The SMILES string of the molecule is CCC(c1cccs1)C1CN(C(=O)O)CCC12N=C(N)c1c(F)cccc1N2. The lowest BCUT2D eigenvalue weighted by Gasteiger charge is -2.50. The highest BCUT2D eigenvalue weighted by atomic mass is 32.1. The average Bonchev–Trinajstić information content (AvgIpc) is 3.18. The van der Waals surface area contributed by atoms with Crippen molar-refractivity contribution in [1.29, 1.82) is 0 Å². The van der Waals surface area contributed by atoms with Gasteiger partial charge in [0.2, 0.25) is 0 Å². The third kappa shape index (κ3) is 3.01. The molecule has 0 aliphatic carbocycles. The number of nitrogens with two attached hydrogens (primary N) is 1. The van der Waals surface area contributed by atoms with E-state index in [0.29, 0.717) is 25.2 Å². The highest BCUT2D eigenvalue weighted by Gasteiger charge is 2.50. The van der Waals surface area contributed by atoms with Crippen molar-refractivity contribution in [3.8, 4) is 0 Å². The third-order valence-electron chi connectivity index (χ3n) is 5.84. The number of likely N-dealkylation sites (tertiary alicyclic amines) is 1. The predicted octanol–water partition coefficient (Wildman–Crippen LogP) is 3.91. The summed E-state index contributed by atoms with van der Waals surface area (Å²) in [7, 11) is 0. The Kier molecular flexibility index (Phi) is 4.74. The number of thiophene rings is 1. The Morgan fingerprint density at radius 3 is 3.00 bits per heavy atom. The number of carboxylic acid groups (broad SMARTS) is 1. The first-order valence-electron chi connectivity index (χ1n) is 9.39. The predicted molar refractivity (Wildman–Crippen MR) is 109 cm³/mol. The largest absolute Gasteiger partial charge is 0.465 e. The Morgan fingerprint density at radius 1 is 1.50 bits per heavy atom. The van der Waals surface area contributed by atoms with Crippen molar-refractivity contribution in [2.45, 2.75) is 31.3 Å². The Labute approximate surface area is 166 Å². The molecule has 3 heterocycles. The van der Waals surface area contributed by atoms with Gasteiger partial charge in [-0.2, -0.15) is 0 Å². The van der Waals surface area contributed by atoms with Gasteiger partial charge < -0.3 is 21.1 Å². The molecule has 2 aromatic rings. The van der Waals surface area contributed by atoms with Crippen LogP contribution in [0.15, 0.2) is 40.7 Å². The number of anilines is 1. The number of nitrogens with zero attached hydrogens (tertiary/aromatic N) is 2. The molecule has 8 heteroatoms. The van der Waals surface area contributed by atoms with E-state index in [1.54, 1.807) is 23.5 Å². The van der Waals surface area contributed by atoms with Crippen LogP contribution in [0.5, 0.6) is 0 Å². The summed E-state index contributed by atoms with van der Waals surface area (Å²) < 4.78 is 14.3. The summed E-state index contributed by atoms with van der Waals surface area (Å²) in [6.45, 7) is 2.79. The number of amides is 1. The summed E-state index contributed by atoms with van der Waals surface area (Å²) in [6.07, 6.45) is 0.385. The van der Waals surface area contributed by atoms with Gasteiger partial charge in [-0.15, -0.1) is 11.3 Å². The van der Waals surface area contributed by atoms with Gasteiger partial charge in [-0.05, 0) is 30.0 Å². The molecule has 4 N–H and O–H groups in total. The molecule has 3 atom stereocenters. The molecule has 2 aliphatic heterocycles. The normalized spacial score (nSPS) is 25.0. The van der Waals surface area contributed by atoms with Crippen LogP contribution in [0.2, 0.25) is 0 Å². The van der Waals surface area contributed by atoms with E-state index >= 15 is 0 Å². The fourth-order valence-corrected chi connectivity index (χ4v) is 5.48. The number of rotatable bonds is 3. The van der Waals surface area contributed by atoms with Crippen LogP contribution in [0.25, 0.3) is 0 Å². The van der Waals surface area contributed by atoms with E-state index in [0.717, 1.165) is 6.42 Å². The van der Waals surface area contributed by atoms with Gasteiger partial charge in [-0.1, -0.05) is 19.1 Å². The number of carbonyl (C=O) groups is 1. The lowest BCUT2D eigenvalue weighted by atomic mass is 9.74. The van der Waals surface area contributed by atoms with Crippen molar-refractivity contribution in [2.24, 2.45) is 16.6 Å². The van der Waals surface area contributed by atoms with Crippen LogP contribution in [0.4, 0.5) is 14.9 Å². The van der Waals surface area contributed by atoms with E-state index in [9.17, 15) is 14.3 Å². The molecular weight excluding hydrogens is 379 g/mol. The number of amidine groups is 1. The molecule has 2 aliphatic rings. The summed E-state index contributed by atoms with van der Waals surface area (Å²) in [5.74, 6) is -0.259. The number of fused-ring (bicyclic) bond motifs is 1. The first-order valence-corrected chi connectivity index (χ1v) is 10.3. The highest BCUT2D eigenvalue weighted by molar-refractivity contribution is 7.10. The molecule has 4 rings (SSSR count). The summed E-state index contributed by atoms with van der Waals surface area (Å²) in [5.41, 5.74) is 6.35. The maximum Gasteiger partial charge on any atom is 0.407 e. The molecule has 0 bridgehead atoms. The number of hydrogen-bond acceptors (Lipinski definition) is 5. The van der Waals surface area contributed by atoms with Crippen LogP contribution in [0.3, 0.4) is 0 Å². The molecule has 1 fully saturated rings. The fraction of sp³-hybridized carbons (Fsp3) is 0.400. The van der Waals surface area contributed by atoms with Gasteiger partial charge in [0.1, 0.15) is 17.3 Å². The number of piperidine rings is 1. The Bertz CT molecular complexity index is 917. The van der Waals surface area contributed by atoms with Crippen LogP contribution in [0.1, 0.15) is 36.1 Å². The van der Waals surface area contributed by atoms with E-state index in [2.05, 4.69) is 18.3 Å². The van der Waals surface area contributed by atoms with Gasteiger partial charge in [0.05, 0.1) is 5.56 Å². The van der Waals surface area contributed by atoms with E-state index in [1.807, 2.05) is 11.4 Å². The first kappa shape index (κ1) is 18.7. The molecule has 28 heavy (non-hydrogen) atoms. The summed E-state index contributed by atoms with van der Waals surface area (Å²) in [6, 6.07) is 8.89. The minimum Gasteiger partial charge on any atom is -0.465 e. The zero-order chi connectivity index (χ0) is 19.9. The minimum atomic E-state index is -0.930. The van der Waals surface area contributed by atoms with E-state index in [1.165, 1.54) is 15.8 Å². The van der Waals surface area contributed by atoms with Crippen molar-refractivity contribution in [3.05, 3.63) is 52.0 Å². The zero-order valence-electron chi connectivity index (χ0n) is 15.6. The molecule has 0 radical (unpaired) electrons. The lowest BCUT2D eigenvalue weighted by Crippen LogP contribution is -2.59. The molecule has 0 saturated carbocycles. The zero-order valence-corrected chi connectivity index (χ0v) is 16.4. The molecule has 1 aromatic carbocycles. The quantitative estimate of drug-likeness (QED) is 0.726. The fourth-order valence-electron chi connectivity index (χ4n) is 4.51. The minimum absolute atomic E-state index is 0.112. The number of nitrogens with one attached hydrogen (secondary N) is 1. The lowest BCUT2D eigenvalue weighted by molar-refractivity contribution is 0.0808. The standard InChI is InChI=1S/C20H23FN4O2S/c1-2-12(16-7-4-10-28-16)13-11-25(19(26)27)9-8-20(13)23-15-6-3-5-14(21)17(15)18(22)24-20/h3-7,10,12-13,23H,2,8-9,11H2,1H3,(H2,22,24)(H,26,27). The Balaban J connectivity index is 1.80. The topological polar surface area (TPSA) is 91.0 Å². The second-order valence-electron chi connectivity index (χ2n) is 7.32. The van der Waals surface area contributed by atoms with Crippen LogP contribution in [0, 0.1) is 11.7 Å². The van der Waals surface area contributed by atoms with E-state index < -0.39 is 17.6 Å². The summed E-state index contributed by atoms with van der Waals surface area (Å²) in [5, 5.41) is 15.0. The van der Waals surface area contributed by atoms with Gasteiger partial charge in [-0.25, -0.2) is 14.2 Å². The highest BCUT2D eigenvalue weighted by Crippen LogP contribution is 2.46. The molecule has 6 nitrogen and oxygen atoms in total. The Morgan fingerprint density at radius 2 is 2.32 bits per heavy atom. The average molecular weight is 402 g/mol. The van der Waals surface area contributed by atoms with Crippen LogP contribution < -0.4 is 11.1 Å². The van der Waals surface area contributed by atoms with Crippen LogP contribution in [-0.2, 0) is 0 Å². The van der Waals surface area contributed by atoms with Crippen molar-refractivity contribution in [2.75, 3.05) is 18.4 Å². The van der Waals surface area contributed by atoms with Crippen molar-refractivity contribution in [1.82, 2.24) is 4.90 Å². The molecule has 1 saturated heterocycles. The van der Waals surface area contributed by atoms with Gasteiger partial charge >= 0.3 is 6.09 Å². The number of halogens is 1. The molecule has 3 unspecified atom stereocenters. The molecular formula is C20H23FN4O2S. The first-order chi connectivity index (χ1) is 13.4. The molecule has 1 spiro atoms. The van der Waals surface area contributed by atoms with Gasteiger partial charge in [0.25, 0.3) is 0 Å². The van der Waals surface area contributed by atoms with Crippen molar-refractivity contribution in [3.63, 3.8) is 0 Å². The van der Waals surface area contributed by atoms with Crippen LogP contribution >= 0.6 is 11.3 Å². The maximum absolute atomic E-state index is 14.3. The second kappa shape index (κ2) is 7.09. The van der Waals surface area contributed by atoms with Crippen LogP contribution in [-0.4, -0.2) is 40.7 Å². The van der Waals surface area contributed by atoms with E-state index in [4.69, 9.17) is 10.7 Å². The van der Waals surface area contributed by atoms with Gasteiger partial charge in [0, 0.05) is 41.9 Å². The number of benzene rings is 1. The van der Waals surface area contributed by atoms with Crippen molar-refractivity contribution < 1.29 is 14.3 Å². The monoisotopic (exact) mass is 402 g/mol. The number of hydrogen-bond donors (Lipinski definition) is 3.